The summed E-state index contributed by atoms with van der Waals surface area (Å²) in [4.78, 5) is 24.0. The summed E-state index contributed by atoms with van der Waals surface area (Å²) in [5, 5.41) is 0.359. The summed E-state index contributed by atoms with van der Waals surface area (Å²) in [6.45, 7) is 0. The maximum absolute atomic E-state index is 12.2. The molecule has 2 aromatic carbocycles. The van der Waals surface area contributed by atoms with Gasteiger partial charge in [0, 0.05) is 11.6 Å². The van der Waals surface area contributed by atoms with Crippen LogP contribution in [0.4, 0.5) is 0 Å². The molecular formula is C17H13ClO4. The highest BCUT2D eigenvalue weighted by Crippen LogP contribution is 2.24. The van der Waals surface area contributed by atoms with E-state index in [2.05, 4.69) is 0 Å². The molecule has 0 unspecified atom stereocenters. The topological polar surface area (TPSA) is 56.5 Å². The molecule has 0 aliphatic carbocycles. The van der Waals surface area contributed by atoms with E-state index in [1.54, 1.807) is 18.2 Å². The Hall–Kier alpha value is -2.59. The number of hydrogen-bond acceptors (Lipinski definition) is 4. The second kappa shape index (κ2) is 6.45. The van der Waals surface area contributed by atoms with Crippen LogP contribution in [0, 0.1) is 0 Å². The fraction of sp³-hybridized carbons (Fsp3) is 0.0588. The second-order valence-electron chi connectivity index (χ2n) is 4.51. The zero-order chi connectivity index (χ0) is 14.8. The molecule has 0 atom stereocenters. The molecule has 0 aliphatic heterocycles. The van der Waals surface area contributed by atoms with Crippen molar-refractivity contribution in [3.8, 4) is 11.3 Å². The Morgan fingerprint density at radius 1 is 1.05 bits per heavy atom. The summed E-state index contributed by atoms with van der Waals surface area (Å²) in [5.41, 5.74) is 1.07. The van der Waals surface area contributed by atoms with Crippen LogP contribution in [0.2, 0.25) is 0 Å². The molecule has 3 rings (SSSR count). The van der Waals surface area contributed by atoms with Gasteiger partial charge in [0.1, 0.15) is 11.3 Å². The molecular weight excluding hydrogens is 304 g/mol. The first-order valence-electron chi connectivity index (χ1n) is 6.41. The molecule has 0 saturated carbocycles. The number of ether oxygens (including phenoxy) is 1. The van der Waals surface area contributed by atoms with E-state index in [-0.39, 0.29) is 29.0 Å². The molecule has 3 aromatic rings. The molecule has 1 aromatic heterocycles. The summed E-state index contributed by atoms with van der Waals surface area (Å²) in [7, 11) is 1.29. The molecule has 0 radical (unpaired) electrons. The zero-order valence-electron chi connectivity index (χ0n) is 11.7. The van der Waals surface area contributed by atoms with Crippen molar-refractivity contribution in [2.45, 2.75) is 0 Å². The third kappa shape index (κ3) is 2.73. The standard InChI is InChI=1S/C17H12O4.ClH/c1-20-17(19)13-9-5-8-12-14(18)10-15(21-16(12)13)11-6-3-2-4-7-11;/h2-10H,1H3;1H. The van der Waals surface area contributed by atoms with Crippen molar-refractivity contribution in [2.75, 3.05) is 7.11 Å². The summed E-state index contributed by atoms with van der Waals surface area (Å²) in [6.07, 6.45) is 0. The molecule has 5 heteroatoms. The number of esters is 1. The maximum Gasteiger partial charge on any atom is 0.341 e. The molecule has 1 heterocycles. The highest BCUT2D eigenvalue weighted by Gasteiger charge is 2.15. The Bertz CT molecular complexity index is 869. The van der Waals surface area contributed by atoms with Crippen LogP contribution >= 0.6 is 12.4 Å². The lowest BCUT2D eigenvalue weighted by Gasteiger charge is -2.06. The Kier molecular flexibility index (Phi) is 4.63. The van der Waals surface area contributed by atoms with Gasteiger partial charge in [-0.25, -0.2) is 4.79 Å². The summed E-state index contributed by atoms with van der Waals surface area (Å²) < 4.78 is 10.5. The molecule has 0 saturated heterocycles. The Labute approximate surface area is 132 Å². The molecule has 0 fully saturated rings. The van der Waals surface area contributed by atoms with Crippen molar-refractivity contribution in [3.63, 3.8) is 0 Å². The SMILES string of the molecule is COC(=O)c1cccc2c(=O)cc(-c3ccccc3)oc12.Cl. The van der Waals surface area contributed by atoms with Crippen LogP contribution < -0.4 is 5.43 Å². The van der Waals surface area contributed by atoms with Crippen LogP contribution in [0.25, 0.3) is 22.3 Å². The number of carbonyl (C=O) groups is 1. The van der Waals surface area contributed by atoms with E-state index in [9.17, 15) is 9.59 Å². The number of fused-ring (bicyclic) bond motifs is 1. The van der Waals surface area contributed by atoms with Gasteiger partial charge in [0.2, 0.25) is 0 Å². The third-order valence-electron chi connectivity index (χ3n) is 3.22. The zero-order valence-corrected chi connectivity index (χ0v) is 12.6. The Morgan fingerprint density at radius 3 is 2.45 bits per heavy atom. The van der Waals surface area contributed by atoms with Gasteiger partial charge in [-0.05, 0) is 12.1 Å². The van der Waals surface area contributed by atoms with Gasteiger partial charge in [-0.2, -0.15) is 0 Å². The van der Waals surface area contributed by atoms with Crippen molar-refractivity contribution >= 4 is 29.3 Å². The third-order valence-corrected chi connectivity index (χ3v) is 3.22. The highest BCUT2D eigenvalue weighted by atomic mass is 35.5. The number of methoxy groups -OCH3 is 1. The molecule has 0 spiro atoms. The van der Waals surface area contributed by atoms with E-state index in [0.29, 0.717) is 11.1 Å². The smallest absolute Gasteiger partial charge is 0.341 e. The minimum Gasteiger partial charge on any atom is -0.465 e. The number of para-hydroxylation sites is 1. The van der Waals surface area contributed by atoms with E-state index >= 15 is 0 Å². The minimum atomic E-state index is -0.533. The van der Waals surface area contributed by atoms with Crippen LogP contribution in [0.1, 0.15) is 10.4 Å². The molecule has 0 bridgehead atoms. The molecule has 22 heavy (non-hydrogen) atoms. The van der Waals surface area contributed by atoms with Gasteiger partial charge in [0.15, 0.2) is 11.0 Å². The van der Waals surface area contributed by atoms with Gasteiger partial charge >= 0.3 is 5.97 Å². The van der Waals surface area contributed by atoms with Gasteiger partial charge in [0.25, 0.3) is 0 Å². The normalized spacial score (nSPS) is 10.0. The average molecular weight is 317 g/mol. The lowest BCUT2D eigenvalue weighted by molar-refractivity contribution is 0.0601. The molecule has 4 nitrogen and oxygen atoms in total. The van der Waals surface area contributed by atoms with Crippen LogP contribution in [0.15, 0.2) is 63.8 Å². The second-order valence-corrected chi connectivity index (χ2v) is 4.51. The lowest BCUT2D eigenvalue weighted by Crippen LogP contribution is -2.06. The van der Waals surface area contributed by atoms with E-state index < -0.39 is 5.97 Å². The number of halogens is 1. The molecule has 0 N–H and O–H groups in total. The first kappa shape index (κ1) is 15.8. The summed E-state index contributed by atoms with van der Waals surface area (Å²) in [6, 6.07) is 15.5. The number of benzene rings is 2. The molecule has 0 amide bonds. The van der Waals surface area contributed by atoms with Crippen molar-refractivity contribution in [2.24, 2.45) is 0 Å². The van der Waals surface area contributed by atoms with Gasteiger partial charge < -0.3 is 9.15 Å². The van der Waals surface area contributed by atoms with Crippen molar-refractivity contribution in [3.05, 3.63) is 70.4 Å². The summed E-state index contributed by atoms with van der Waals surface area (Å²) >= 11 is 0. The fourth-order valence-corrected chi connectivity index (χ4v) is 2.19. The van der Waals surface area contributed by atoms with Crippen LogP contribution in [-0.2, 0) is 4.74 Å². The van der Waals surface area contributed by atoms with Gasteiger partial charge in [-0.3, -0.25) is 4.79 Å². The van der Waals surface area contributed by atoms with Crippen LogP contribution in [-0.4, -0.2) is 13.1 Å². The van der Waals surface area contributed by atoms with Crippen molar-refractivity contribution in [1.82, 2.24) is 0 Å². The largest absolute Gasteiger partial charge is 0.465 e. The van der Waals surface area contributed by atoms with Crippen LogP contribution in [0.3, 0.4) is 0 Å². The Morgan fingerprint density at radius 2 is 1.77 bits per heavy atom. The van der Waals surface area contributed by atoms with E-state index in [4.69, 9.17) is 9.15 Å². The number of carbonyl (C=O) groups excluding carboxylic acids is 1. The first-order chi connectivity index (χ1) is 10.2. The van der Waals surface area contributed by atoms with Gasteiger partial charge in [-0.15, -0.1) is 12.4 Å². The first-order valence-corrected chi connectivity index (χ1v) is 6.41. The highest BCUT2D eigenvalue weighted by molar-refractivity contribution is 6.01. The molecule has 112 valence electrons. The van der Waals surface area contributed by atoms with E-state index in [0.717, 1.165) is 5.56 Å². The summed E-state index contributed by atoms with van der Waals surface area (Å²) in [5.74, 6) is -0.113. The lowest BCUT2D eigenvalue weighted by atomic mass is 10.1. The van der Waals surface area contributed by atoms with E-state index in [1.165, 1.54) is 13.2 Å². The van der Waals surface area contributed by atoms with Crippen molar-refractivity contribution < 1.29 is 13.9 Å². The average Bonchev–Trinajstić information content (AvgIpc) is 2.54. The van der Waals surface area contributed by atoms with E-state index in [1.807, 2.05) is 30.3 Å². The number of hydrogen-bond donors (Lipinski definition) is 0. The van der Waals surface area contributed by atoms with Gasteiger partial charge in [0.05, 0.1) is 12.5 Å². The predicted octanol–water partition coefficient (Wildman–Crippen LogP) is 3.67. The molecule has 0 aliphatic rings. The van der Waals surface area contributed by atoms with Crippen LogP contribution in [0.5, 0.6) is 0 Å². The van der Waals surface area contributed by atoms with Gasteiger partial charge in [-0.1, -0.05) is 36.4 Å². The maximum atomic E-state index is 12.2. The monoisotopic (exact) mass is 316 g/mol. The predicted molar refractivity (Wildman–Crippen MR) is 86.5 cm³/mol. The minimum absolute atomic E-state index is 0. The quantitative estimate of drug-likeness (QED) is 0.677. The fourth-order valence-electron chi connectivity index (χ4n) is 2.19. The number of rotatable bonds is 2. The van der Waals surface area contributed by atoms with Crippen molar-refractivity contribution in [1.29, 1.82) is 0 Å². The Balaban J connectivity index is 0.00000176.